The van der Waals surface area contributed by atoms with E-state index in [1.807, 2.05) is 12.1 Å². The number of aryl methyl sites for hydroxylation is 1. The van der Waals surface area contributed by atoms with Gasteiger partial charge < -0.3 is 20.0 Å². The molecule has 0 amide bonds. The van der Waals surface area contributed by atoms with Crippen molar-refractivity contribution >= 4 is 23.0 Å². The van der Waals surface area contributed by atoms with Gasteiger partial charge in [0.2, 0.25) is 0 Å². The number of rotatable bonds is 8. The molecule has 1 aromatic carbocycles. The van der Waals surface area contributed by atoms with Crippen molar-refractivity contribution in [2.24, 2.45) is 0 Å². The molecule has 0 saturated carbocycles. The lowest BCUT2D eigenvalue weighted by molar-refractivity contribution is -0.891. The molecule has 5 heteroatoms. The summed E-state index contributed by atoms with van der Waals surface area (Å²) >= 11 is 5.41. The molecule has 130 valence electrons. The van der Waals surface area contributed by atoms with Crippen LogP contribution in [0.4, 0.5) is 5.69 Å². The van der Waals surface area contributed by atoms with Crippen molar-refractivity contribution in [3.8, 4) is 0 Å². The van der Waals surface area contributed by atoms with Crippen LogP contribution in [0.3, 0.4) is 0 Å². The minimum Gasteiger partial charge on any atom is -0.463 e. The molecule has 0 unspecified atom stereocenters. The summed E-state index contributed by atoms with van der Waals surface area (Å²) < 4.78 is 5.53. The Balaban J connectivity index is 1.84. The first-order valence-electron chi connectivity index (χ1n) is 8.57. The highest BCUT2D eigenvalue weighted by molar-refractivity contribution is 7.80. The summed E-state index contributed by atoms with van der Waals surface area (Å²) in [4.78, 5) is 1.29. The summed E-state index contributed by atoms with van der Waals surface area (Å²) in [5, 5.41) is 7.17. The number of unbranched alkanes of at least 4 members (excludes halogenated alkanes) is 1. The topological polar surface area (TPSA) is 41.6 Å². The van der Waals surface area contributed by atoms with Crippen LogP contribution in [-0.4, -0.2) is 25.8 Å². The Morgan fingerprint density at radius 2 is 1.96 bits per heavy atom. The van der Waals surface area contributed by atoms with Crippen LogP contribution in [0.15, 0.2) is 47.1 Å². The Labute approximate surface area is 150 Å². The van der Waals surface area contributed by atoms with Gasteiger partial charge in [-0.15, -0.1) is 0 Å². The fourth-order valence-electron chi connectivity index (χ4n) is 2.58. The molecule has 0 saturated heterocycles. The summed E-state index contributed by atoms with van der Waals surface area (Å²) in [6.45, 7) is 2.93. The van der Waals surface area contributed by atoms with Crippen molar-refractivity contribution in [1.82, 2.24) is 5.32 Å². The molecule has 0 radical (unpaired) electrons. The number of likely N-dealkylation sites (N-methyl/N-ethyl adjacent to an activating group) is 1. The lowest BCUT2D eigenvalue weighted by Crippen LogP contribution is -3.07. The molecule has 3 N–H and O–H groups in total. The highest BCUT2D eigenvalue weighted by Gasteiger charge is 2.20. The number of quaternary nitrogens is 1. The molecule has 1 atom stereocenters. The normalized spacial score (nSPS) is 12.2. The second-order valence-electron chi connectivity index (χ2n) is 6.28. The van der Waals surface area contributed by atoms with Crippen molar-refractivity contribution in [2.75, 3.05) is 26.0 Å². The molecule has 24 heavy (non-hydrogen) atoms. The first kappa shape index (κ1) is 18.5. The molecule has 2 rings (SSSR count). The third-order valence-electron chi connectivity index (χ3n) is 4.08. The molecule has 2 aromatic rings. The molecule has 0 aliphatic carbocycles. The molecule has 1 heterocycles. The zero-order valence-corrected chi connectivity index (χ0v) is 15.6. The average molecular weight is 347 g/mol. The number of hydrogen-bond acceptors (Lipinski definition) is 2. The number of anilines is 1. The minimum atomic E-state index is 0.219. The van der Waals surface area contributed by atoms with Crippen LogP contribution in [-0.2, 0) is 6.42 Å². The van der Waals surface area contributed by atoms with Crippen LogP contribution >= 0.6 is 12.2 Å². The molecule has 1 aromatic heterocycles. The number of thiocarbonyl (C=S) groups is 1. The van der Waals surface area contributed by atoms with Gasteiger partial charge in [-0.1, -0.05) is 25.5 Å². The van der Waals surface area contributed by atoms with E-state index in [9.17, 15) is 0 Å². The first-order chi connectivity index (χ1) is 11.6. The Bertz CT molecular complexity index is 608. The van der Waals surface area contributed by atoms with Gasteiger partial charge in [0.05, 0.1) is 26.9 Å². The molecular formula is C19H28N3OS+. The lowest BCUT2D eigenvalue weighted by atomic mass is 10.1. The Morgan fingerprint density at radius 3 is 2.54 bits per heavy atom. The first-order valence-corrected chi connectivity index (χ1v) is 8.98. The zero-order chi connectivity index (χ0) is 17.4. The summed E-state index contributed by atoms with van der Waals surface area (Å²) in [5.41, 5.74) is 2.38. The lowest BCUT2D eigenvalue weighted by Gasteiger charge is -2.20. The second kappa shape index (κ2) is 9.45. The third kappa shape index (κ3) is 5.65. The Kier molecular flexibility index (Phi) is 7.28. The van der Waals surface area contributed by atoms with E-state index in [-0.39, 0.29) is 6.04 Å². The predicted molar refractivity (Wildman–Crippen MR) is 104 cm³/mol. The molecule has 4 nitrogen and oxygen atoms in total. The number of nitrogens with one attached hydrogen (secondary N) is 3. The quantitative estimate of drug-likeness (QED) is 0.643. The fraction of sp³-hybridized carbons (Fsp3) is 0.421. The van der Waals surface area contributed by atoms with Crippen molar-refractivity contribution in [3.63, 3.8) is 0 Å². The predicted octanol–water partition coefficient (Wildman–Crippen LogP) is 2.79. The minimum absolute atomic E-state index is 0.219. The SMILES string of the molecule is CCCCc1ccc(NC(=S)NC[C@H](c2ccco2)[NH+](C)C)cc1. The molecular weight excluding hydrogens is 318 g/mol. The monoisotopic (exact) mass is 346 g/mol. The number of hydrogen-bond donors (Lipinski definition) is 3. The number of benzene rings is 1. The van der Waals surface area contributed by atoms with E-state index in [2.05, 4.69) is 55.9 Å². The van der Waals surface area contributed by atoms with E-state index >= 15 is 0 Å². The highest BCUT2D eigenvalue weighted by Crippen LogP contribution is 2.12. The third-order valence-corrected chi connectivity index (χ3v) is 4.33. The summed E-state index contributed by atoms with van der Waals surface area (Å²) in [5.74, 6) is 0.963. The summed E-state index contributed by atoms with van der Waals surface area (Å²) in [7, 11) is 4.22. The Morgan fingerprint density at radius 1 is 1.21 bits per heavy atom. The van der Waals surface area contributed by atoms with Crippen molar-refractivity contribution in [3.05, 3.63) is 54.0 Å². The largest absolute Gasteiger partial charge is 0.463 e. The maximum Gasteiger partial charge on any atom is 0.171 e. The van der Waals surface area contributed by atoms with Crippen LogP contribution in [0.5, 0.6) is 0 Å². The van der Waals surface area contributed by atoms with Gasteiger partial charge in [0, 0.05) is 5.69 Å². The van der Waals surface area contributed by atoms with Gasteiger partial charge in [-0.3, -0.25) is 0 Å². The summed E-state index contributed by atoms with van der Waals surface area (Å²) in [6, 6.07) is 12.6. The van der Waals surface area contributed by atoms with Crippen LogP contribution < -0.4 is 15.5 Å². The van der Waals surface area contributed by atoms with Gasteiger partial charge in [-0.05, 0) is 54.9 Å². The van der Waals surface area contributed by atoms with Crippen LogP contribution in [0, 0.1) is 0 Å². The fourth-order valence-corrected chi connectivity index (χ4v) is 2.79. The van der Waals surface area contributed by atoms with E-state index in [0.29, 0.717) is 5.11 Å². The molecule has 0 aliphatic heterocycles. The van der Waals surface area contributed by atoms with Crippen molar-refractivity contribution in [1.29, 1.82) is 0 Å². The van der Waals surface area contributed by atoms with Gasteiger partial charge >= 0.3 is 0 Å². The van der Waals surface area contributed by atoms with E-state index in [4.69, 9.17) is 16.6 Å². The van der Waals surface area contributed by atoms with Crippen LogP contribution in [0.1, 0.15) is 37.1 Å². The van der Waals surface area contributed by atoms with Crippen LogP contribution in [0.2, 0.25) is 0 Å². The van der Waals surface area contributed by atoms with Crippen molar-refractivity contribution in [2.45, 2.75) is 32.2 Å². The van der Waals surface area contributed by atoms with Crippen LogP contribution in [0.25, 0.3) is 0 Å². The summed E-state index contributed by atoms with van der Waals surface area (Å²) in [6.07, 6.45) is 5.30. The smallest absolute Gasteiger partial charge is 0.171 e. The van der Waals surface area contributed by atoms with E-state index < -0.39 is 0 Å². The number of furan rings is 1. The van der Waals surface area contributed by atoms with Gasteiger partial charge in [-0.2, -0.15) is 0 Å². The van der Waals surface area contributed by atoms with Gasteiger partial charge in [0.1, 0.15) is 0 Å². The second-order valence-corrected chi connectivity index (χ2v) is 6.69. The van der Waals surface area contributed by atoms with E-state index in [1.165, 1.54) is 23.3 Å². The maximum absolute atomic E-state index is 5.53. The molecule has 0 bridgehead atoms. The Hall–Kier alpha value is -1.85. The average Bonchev–Trinajstić information content (AvgIpc) is 3.08. The van der Waals surface area contributed by atoms with E-state index in [1.54, 1.807) is 6.26 Å². The molecule has 0 spiro atoms. The van der Waals surface area contributed by atoms with Gasteiger partial charge in [0.25, 0.3) is 0 Å². The van der Waals surface area contributed by atoms with Crippen molar-refractivity contribution < 1.29 is 9.32 Å². The standard InChI is InChI=1S/C19H27N3OS/c1-4-5-7-15-9-11-16(12-10-15)21-19(24)20-14-17(22(2)3)18-8-6-13-23-18/h6,8-13,17H,4-5,7,14H2,1-3H3,(H2,20,21,24)/p+1/t17-/m1/s1. The highest BCUT2D eigenvalue weighted by atomic mass is 32.1. The van der Waals surface area contributed by atoms with E-state index in [0.717, 1.165) is 24.4 Å². The van der Waals surface area contributed by atoms with Gasteiger partial charge in [-0.25, -0.2) is 0 Å². The molecule has 0 aliphatic rings. The zero-order valence-electron chi connectivity index (χ0n) is 14.8. The van der Waals surface area contributed by atoms with Gasteiger partial charge in [0.15, 0.2) is 16.9 Å². The molecule has 0 fully saturated rings. The maximum atomic E-state index is 5.53.